The zero-order valence-corrected chi connectivity index (χ0v) is 22.3. The molecule has 0 saturated carbocycles. The second-order valence-corrected chi connectivity index (χ2v) is 10.4. The lowest BCUT2D eigenvalue weighted by atomic mass is 10.2. The minimum atomic E-state index is -0.431. The maximum absolute atomic E-state index is 13.3. The van der Waals surface area contributed by atoms with Crippen molar-refractivity contribution in [3.8, 4) is 0 Å². The van der Waals surface area contributed by atoms with Crippen LogP contribution in [0.1, 0.15) is 25.0 Å². The lowest BCUT2D eigenvalue weighted by molar-refractivity contribution is -0.115. The number of thioether (sulfide) groups is 1. The molecule has 1 amide bonds. The Hall–Kier alpha value is -4.31. The van der Waals surface area contributed by atoms with Crippen LogP contribution >= 0.6 is 11.8 Å². The molecular weight excluding hydrogens is 513 g/mol. The lowest BCUT2D eigenvalue weighted by Crippen LogP contribution is -2.25. The van der Waals surface area contributed by atoms with E-state index in [9.17, 15) is 9.18 Å². The molecule has 0 saturated heterocycles. The van der Waals surface area contributed by atoms with Crippen molar-refractivity contribution in [3.63, 3.8) is 0 Å². The summed E-state index contributed by atoms with van der Waals surface area (Å²) in [7, 11) is 0. The van der Waals surface area contributed by atoms with E-state index in [1.165, 1.54) is 23.9 Å². The molecule has 0 fully saturated rings. The van der Waals surface area contributed by atoms with Crippen LogP contribution in [-0.2, 0) is 17.8 Å². The number of aryl methyl sites for hydroxylation is 3. The van der Waals surface area contributed by atoms with E-state index in [1.807, 2.05) is 56.3 Å². The third kappa shape index (κ3) is 4.95. The van der Waals surface area contributed by atoms with Gasteiger partial charge in [-0.2, -0.15) is 4.52 Å². The summed E-state index contributed by atoms with van der Waals surface area (Å²) in [6, 6.07) is 21.6. The molecule has 10 heteroatoms. The minimum Gasteiger partial charge on any atom is -0.328 e. The Balaban J connectivity index is 1.31. The topological polar surface area (TPSA) is 90.0 Å². The van der Waals surface area contributed by atoms with Gasteiger partial charge in [0.05, 0.1) is 21.8 Å². The van der Waals surface area contributed by atoms with Gasteiger partial charge in [-0.1, -0.05) is 43.0 Å². The fourth-order valence-corrected chi connectivity index (χ4v) is 5.62. The molecule has 196 valence electrons. The van der Waals surface area contributed by atoms with Gasteiger partial charge in [0, 0.05) is 24.0 Å². The first-order valence-corrected chi connectivity index (χ1v) is 13.7. The smallest absolute Gasteiger partial charge is 0.237 e. The molecule has 0 aliphatic heterocycles. The van der Waals surface area contributed by atoms with Gasteiger partial charge in [-0.15, -0.1) is 5.10 Å². The SMILES string of the molecule is CC[C@H](Sc1nc2ccccc2c2nc(CCn3c(C)nc4ccccc43)nn12)C(=O)Nc1ccc(F)cc1. The number of carbonyl (C=O) groups is 1. The van der Waals surface area contributed by atoms with Gasteiger partial charge in [-0.05, 0) is 61.9 Å². The number of nitrogens with zero attached hydrogens (tertiary/aromatic N) is 6. The van der Waals surface area contributed by atoms with E-state index < -0.39 is 5.25 Å². The summed E-state index contributed by atoms with van der Waals surface area (Å²) in [5.41, 5.74) is 4.09. The third-order valence-electron chi connectivity index (χ3n) is 6.62. The van der Waals surface area contributed by atoms with E-state index in [4.69, 9.17) is 15.1 Å². The fraction of sp³-hybridized carbons (Fsp3) is 0.207. The van der Waals surface area contributed by atoms with Gasteiger partial charge >= 0.3 is 0 Å². The molecular formula is C29H26FN7OS. The Labute approximate surface area is 228 Å². The molecule has 0 unspecified atom stereocenters. The fourth-order valence-electron chi connectivity index (χ4n) is 4.65. The number of hydrogen-bond acceptors (Lipinski definition) is 6. The van der Waals surface area contributed by atoms with E-state index in [0.717, 1.165) is 27.8 Å². The van der Waals surface area contributed by atoms with Crippen LogP contribution < -0.4 is 5.32 Å². The van der Waals surface area contributed by atoms with Crippen LogP contribution in [-0.4, -0.2) is 40.3 Å². The van der Waals surface area contributed by atoms with Crippen molar-refractivity contribution in [2.24, 2.45) is 0 Å². The lowest BCUT2D eigenvalue weighted by Gasteiger charge is -2.15. The van der Waals surface area contributed by atoms with Crippen molar-refractivity contribution >= 4 is 50.9 Å². The first-order valence-electron chi connectivity index (χ1n) is 12.8. The van der Waals surface area contributed by atoms with Crippen molar-refractivity contribution in [1.82, 2.24) is 29.1 Å². The number of benzene rings is 3. The van der Waals surface area contributed by atoms with E-state index in [0.29, 0.717) is 41.7 Å². The zero-order chi connectivity index (χ0) is 26.9. The maximum atomic E-state index is 13.3. The van der Waals surface area contributed by atoms with Crippen molar-refractivity contribution < 1.29 is 9.18 Å². The molecule has 3 aromatic heterocycles. The van der Waals surface area contributed by atoms with Crippen LogP contribution in [0.25, 0.3) is 27.6 Å². The van der Waals surface area contributed by atoms with Crippen LogP contribution in [0.5, 0.6) is 0 Å². The molecule has 39 heavy (non-hydrogen) atoms. The van der Waals surface area contributed by atoms with E-state index >= 15 is 0 Å². The molecule has 3 heterocycles. The van der Waals surface area contributed by atoms with Crippen LogP contribution in [0.3, 0.4) is 0 Å². The molecule has 0 aliphatic rings. The second kappa shape index (κ2) is 10.5. The van der Waals surface area contributed by atoms with Gasteiger partial charge in [-0.25, -0.2) is 19.3 Å². The predicted molar refractivity (Wildman–Crippen MR) is 151 cm³/mol. The normalized spacial score (nSPS) is 12.4. The van der Waals surface area contributed by atoms with Crippen molar-refractivity contribution in [3.05, 3.63) is 90.3 Å². The minimum absolute atomic E-state index is 0.181. The molecule has 1 N–H and O–H groups in total. The van der Waals surface area contributed by atoms with Crippen molar-refractivity contribution in [1.29, 1.82) is 0 Å². The Morgan fingerprint density at radius 1 is 0.974 bits per heavy atom. The van der Waals surface area contributed by atoms with Crippen molar-refractivity contribution in [2.45, 2.75) is 43.6 Å². The average Bonchev–Trinajstić information content (AvgIpc) is 3.52. The van der Waals surface area contributed by atoms with Gasteiger partial charge in [0.1, 0.15) is 11.6 Å². The molecule has 0 aliphatic carbocycles. The first-order chi connectivity index (χ1) is 19.0. The van der Waals surface area contributed by atoms with Crippen LogP contribution in [0, 0.1) is 12.7 Å². The number of nitrogens with one attached hydrogen (secondary N) is 1. The van der Waals surface area contributed by atoms with E-state index in [-0.39, 0.29) is 11.7 Å². The summed E-state index contributed by atoms with van der Waals surface area (Å²) >= 11 is 1.35. The predicted octanol–water partition coefficient (Wildman–Crippen LogP) is 5.83. The highest BCUT2D eigenvalue weighted by atomic mass is 32.2. The van der Waals surface area contributed by atoms with Gasteiger partial charge < -0.3 is 9.88 Å². The van der Waals surface area contributed by atoms with Gasteiger partial charge in [0.15, 0.2) is 16.6 Å². The molecule has 6 rings (SSSR count). The molecule has 6 aromatic rings. The summed E-state index contributed by atoms with van der Waals surface area (Å²) in [5.74, 6) is 1.10. The van der Waals surface area contributed by atoms with Crippen LogP contribution in [0.4, 0.5) is 10.1 Å². The Bertz CT molecular complexity index is 1810. The number of halogens is 1. The largest absolute Gasteiger partial charge is 0.328 e. The summed E-state index contributed by atoms with van der Waals surface area (Å²) in [6.45, 7) is 4.64. The number of fused-ring (bicyclic) bond motifs is 4. The zero-order valence-electron chi connectivity index (χ0n) is 21.5. The number of para-hydroxylation sites is 3. The maximum Gasteiger partial charge on any atom is 0.237 e. The third-order valence-corrected chi connectivity index (χ3v) is 7.93. The molecule has 0 radical (unpaired) electrons. The number of rotatable bonds is 8. The van der Waals surface area contributed by atoms with Crippen molar-refractivity contribution in [2.75, 3.05) is 5.32 Å². The average molecular weight is 540 g/mol. The number of hydrogen-bond donors (Lipinski definition) is 1. The Morgan fingerprint density at radius 3 is 2.51 bits per heavy atom. The summed E-state index contributed by atoms with van der Waals surface area (Å²) < 4.78 is 17.2. The quantitative estimate of drug-likeness (QED) is 0.193. The van der Waals surface area contributed by atoms with Gasteiger partial charge in [0.2, 0.25) is 5.91 Å². The highest BCUT2D eigenvalue weighted by Crippen LogP contribution is 2.29. The summed E-state index contributed by atoms with van der Waals surface area (Å²) in [6.07, 6.45) is 1.19. The molecule has 8 nitrogen and oxygen atoms in total. The van der Waals surface area contributed by atoms with E-state index in [2.05, 4.69) is 20.9 Å². The Morgan fingerprint density at radius 2 is 1.72 bits per heavy atom. The Kier molecular flexibility index (Phi) is 6.70. The number of anilines is 1. The summed E-state index contributed by atoms with van der Waals surface area (Å²) in [4.78, 5) is 27.5. The highest BCUT2D eigenvalue weighted by Gasteiger charge is 2.23. The number of carbonyl (C=O) groups excluding carboxylic acids is 1. The molecule has 0 bridgehead atoms. The van der Waals surface area contributed by atoms with E-state index in [1.54, 1.807) is 16.6 Å². The second-order valence-electron chi connectivity index (χ2n) is 9.24. The summed E-state index contributed by atoms with van der Waals surface area (Å²) in [5, 5.41) is 8.76. The number of imidazole rings is 1. The van der Waals surface area contributed by atoms with Gasteiger partial charge in [0.25, 0.3) is 0 Å². The standard InChI is InChI=1S/C29H26FN7OS/c1-3-25(28(38)32-20-14-12-19(30)13-15-20)39-29-33-22-9-5-4-8-21(22)27-34-26(35-37(27)29)16-17-36-18(2)31-23-10-6-7-11-24(23)36/h4-15,25H,3,16-17H2,1-2H3,(H,32,38)/t25-/m0/s1. The molecule has 3 aromatic carbocycles. The number of aromatic nitrogens is 6. The first kappa shape index (κ1) is 25.0. The van der Waals surface area contributed by atoms with Crippen LogP contribution in [0.2, 0.25) is 0 Å². The monoisotopic (exact) mass is 539 g/mol. The number of amides is 1. The highest BCUT2D eigenvalue weighted by molar-refractivity contribution is 8.00. The van der Waals surface area contributed by atoms with Crippen LogP contribution in [0.15, 0.2) is 78.0 Å². The van der Waals surface area contributed by atoms with Gasteiger partial charge in [-0.3, -0.25) is 4.79 Å². The molecule has 0 spiro atoms. The molecule has 1 atom stereocenters.